The summed E-state index contributed by atoms with van der Waals surface area (Å²) in [4.78, 5) is 0. The minimum atomic E-state index is -0.392. The predicted molar refractivity (Wildman–Crippen MR) is 74.0 cm³/mol. The summed E-state index contributed by atoms with van der Waals surface area (Å²) < 4.78 is 3.75. The maximum Gasteiger partial charge on any atom is 0.0629 e. The van der Waals surface area contributed by atoms with Crippen molar-refractivity contribution in [3.8, 4) is 0 Å². The van der Waals surface area contributed by atoms with E-state index >= 15 is 0 Å². The molecular formula is C14H22N4O. The van der Waals surface area contributed by atoms with Crippen LogP contribution in [0.25, 0.3) is 0 Å². The lowest BCUT2D eigenvalue weighted by atomic mass is 10.0. The molecule has 0 aliphatic carbocycles. The molecule has 1 atom stereocenters. The van der Waals surface area contributed by atoms with Crippen LogP contribution < -0.4 is 0 Å². The Morgan fingerprint density at radius 2 is 2.05 bits per heavy atom. The van der Waals surface area contributed by atoms with E-state index in [1.807, 2.05) is 42.7 Å². The van der Waals surface area contributed by atoms with Crippen LogP contribution in [-0.4, -0.2) is 30.8 Å². The van der Waals surface area contributed by atoms with Crippen LogP contribution in [0.5, 0.6) is 0 Å². The van der Waals surface area contributed by atoms with Gasteiger partial charge in [-0.25, -0.2) is 0 Å². The standard InChI is InChI=1S/C14H22N4O/c1-5-18-9-12(8-15-18)6-13(19)7-14-10(2)16-17(4)11(14)3/h8-9,13,19H,5-7H2,1-4H3. The first-order valence-electron chi connectivity index (χ1n) is 6.69. The van der Waals surface area contributed by atoms with Crippen molar-refractivity contribution in [2.45, 2.75) is 46.3 Å². The number of hydrogen-bond acceptors (Lipinski definition) is 3. The zero-order valence-corrected chi connectivity index (χ0v) is 12.1. The molecule has 2 aromatic heterocycles. The van der Waals surface area contributed by atoms with Gasteiger partial charge in [-0.2, -0.15) is 10.2 Å². The monoisotopic (exact) mass is 262 g/mol. The first-order valence-corrected chi connectivity index (χ1v) is 6.69. The molecule has 2 rings (SSSR count). The summed E-state index contributed by atoms with van der Waals surface area (Å²) in [5, 5.41) is 18.8. The van der Waals surface area contributed by atoms with Gasteiger partial charge in [0, 0.05) is 38.3 Å². The first kappa shape index (κ1) is 13.8. The van der Waals surface area contributed by atoms with Gasteiger partial charge in [0.15, 0.2) is 0 Å². The average molecular weight is 262 g/mol. The molecule has 2 heterocycles. The zero-order valence-electron chi connectivity index (χ0n) is 12.1. The largest absolute Gasteiger partial charge is 0.392 e. The fourth-order valence-corrected chi connectivity index (χ4v) is 2.38. The number of rotatable bonds is 5. The third-order valence-electron chi connectivity index (χ3n) is 3.58. The minimum absolute atomic E-state index is 0.392. The molecule has 0 bridgehead atoms. The summed E-state index contributed by atoms with van der Waals surface area (Å²) in [5.41, 5.74) is 4.36. The lowest BCUT2D eigenvalue weighted by molar-refractivity contribution is 0.175. The molecule has 1 N–H and O–H groups in total. The SMILES string of the molecule is CCn1cc(CC(O)Cc2c(C)nn(C)c2C)cn1. The summed E-state index contributed by atoms with van der Waals surface area (Å²) in [6, 6.07) is 0. The quantitative estimate of drug-likeness (QED) is 0.886. The smallest absolute Gasteiger partial charge is 0.0629 e. The molecule has 5 heteroatoms. The maximum atomic E-state index is 10.2. The van der Waals surface area contributed by atoms with Gasteiger partial charge in [0.1, 0.15) is 0 Å². The van der Waals surface area contributed by atoms with Crippen LogP contribution in [0.3, 0.4) is 0 Å². The Hall–Kier alpha value is -1.62. The summed E-state index contributed by atoms with van der Waals surface area (Å²) in [6.45, 7) is 6.94. The Labute approximate surface area is 113 Å². The molecule has 0 fully saturated rings. The van der Waals surface area contributed by atoms with E-state index in [0.29, 0.717) is 12.8 Å². The summed E-state index contributed by atoms with van der Waals surface area (Å²) in [5.74, 6) is 0. The third kappa shape index (κ3) is 3.04. The van der Waals surface area contributed by atoms with Gasteiger partial charge in [-0.05, 0) is 31.9 Å². The number of hydrogen-bond donors (Lipinski definition) is 1. The van der Waals surface area contributed by atoms with Crippen LogP contribution in [0.1, 0.15) is 29.4 Å². The van der Waals surface area contributed by atoms with Gasteiger partial charge in [-0.15, -0.1) is 0 Å². The third-order valence-corrected chi connectivity index (χ3v) is 3.58. The van der Waals surface area contributed by atoms with Crippen molar-refractivity contribution in [2.24, 2.45) is 7.05 Å². The van der Waals surface area contributed by atoms with E-state index in [0.717, 1.165) is 29.1 Å². The molecule has 0 saturated heterocycles. The Balaban J connectivity index is 2.02. The Morgan fingerprint density at radius 3 is 2.58 bits per heavy atom. The molecule has 0 aromatic carbocycles. The molecule has 0 radical (unpaired) electrons. The second-order valence-corrected chi connectivity index (χ2v) is 5.04. The lowest BCUT2D eigenvalue weighted by Crippen LogP contribution is -2.14. The second-order valence-electron chi connectivity index (χ2n) is 5.04. The van der Waals surface area contributed by atoms with Gasteiger partial charge in [-0.3, -0.25) is 9.36 Å². The van der Waals surface area contributed by atoms with Crippen molar-refractivity contribution in [2.75, 3.05) is 0 Å². The van der Waals surface area contributed by atoms with Crippen molar-refractivity contribution in [3.63, 3.8) is 0 Å². The molecule has 19 heavy (non-hydrogen) atoms. The lowest BCUT2D eigenvalue weighted by Gasteiger charge is -2.09. The fraction of sp³-hybridized carbons (Fsp3) is 0.571. The first-order chi connectivity index (χ1) is 9.01. The van der Waals surface area contributed by atoms with E-state index in [2.05, 4.69) is 17.1 Å². The molecule has 0 saturated carbocycles. The second kappa shape index (κ2) is 5.57. The normalized spacial score (nSPS) is 12.9. The van der Waals surface area contributed by atoms with Crippen LogP contribution >= 0.6 is 0 Å². The Morgan fingerprint density at radius 1 is 1.32 bits per heavy atom. The Kier molecular flexibility index (Phi) is 4.04. The fourth-order valence-electron chi connectivity index (χ4n) is 2.38. The van der Waals surface area contributed by atoms with Gasteiger partial charge in [0.25, 0.3) is 0 Å². The molecule has 0 aliphatic heterocycles. The van der Waals surface area contributed by atoms with Crippen LogP contribution in [0.2, 0.25) is 0 Å². The average Bonchev–Trinajstić information content (AvgIpc) is 2.90. The van der Waals surface area contributed by atoms with Crippen LogP contribution in [-0.2, 0) is 26.4 Å². The Bertz CT molecular complexity index is 556. The van der Waals surface area contributed by atoms with Gasteiger partial charge >= 0.3 is 0 Å². The van der Waals surface area contributed by atoms with E-state index in [9.17, 15) is 5.11 Å². The molecule has 0 aliphatic rings. The highest BCUT2D eigenvalue weighted by Gasteiger charge is 2.15. The molecule has 104 valence electrons. The van der Waals surface area contributed by atoms with Gasteiger partial charge in [0.2, 0.25) is 0 Å². The van der Waals surface area contributed by atoms with E-state index in [1.165, 1.54) is 0 Å². The predicted octanol–water partition coefficient (Wildman–Crippen LogP) is 1.40. The number of aliphatic hydroxyl groups excluding tert-OH is 1. The van der Waals surface area contributed by atoms with Gasteiger partial charge in [-0.1, -0.05) is 0 Å². The van der Waals surface area contributed by atoms with E-state index < -0.39 is 6.10 Å². The van der Waals surface area contributed by atoms with Crippen LogP contribution in [0, 0.1) is 13.8 Å². The highest BCUT2D eigenvalue weighted by molar-refractivity contribution is 5.25. The van der Waals surface area contributed by atoms with Crippen molar-refractivity contribution >= 4 is 0 Å². The van der Waals surface area contributed by atoms with Crippen molar-refractivity contribution in [1.82, 2.24) is 19.6 Å². The highest BCUT2D eigenvalue weighted by Crippen LogP contribution is 2.16. The minimum Gasteiger partial charge on any atom is -0.392 e. The maximum absolute atomic E-state index is 10.2. The number of nitrogens with zero attached hydrogens (tertiary/aromatic N) is 4. The summed E-state index contributed by atoms with van der Waals surface area (Å²) >= 11 is 0. The molecular weight excluding hydrogens is 240 g/mol. The molecule has 5 nitrogen and oxygen atoms in total. The summed E-state index contributed by atoms with van der Waals surface area (Å²) in [7, 11) is 1.93. The number of aryl methyl sites for hydroxylation is 3. The van der Waals surface area contributed by atoms with Crippen LogP contribution in [0.15, 0.2) is 12.4 Å². The van der Waals surface area contributed by atoms with Crippen molar-refractivity contribution in [3.05, 3.63) is 34.9 Å². The topological polar surface area (TPSA) is 55.9 Å². The zero-order chi connectivity index (χ0) is 14.0. The van der Waals surface area contributed by atoms with Crippen molar-refractivity contribution in [1.29, 1.82) is 0 Å². The molecule has 0 amide bonds. The molecule has 0 spiro atoms. The number of aromatic nitrogens is 4. The van der Waals surface area contributed by atoms with Crippen LogP contribution in [0.4, 0.5) is 0 Å². The van der Waals surface area contributed by atoms with Crippen molar-refractivity contribution < 1.29 is 5.11 Å². The summed E-state index contributed by atoms with van der Waals surface area (Å²) in [6.07, 6.45) is 4.70. The number of aliphatic hydroxyl groups is 1. The van der Waals surface area contributed by atoms with Gasteiger partial charge < -0.3 is 5.11 Å². The molecule has 1 unspecified atom stereocenters. The van der Waals surface area contributed by atoms with Gasteiger partial charge in [0.05, 0.1) is 18.0 Å². The van der Waals surface area contributed by atoms with E-state index in [1.54, 1.807) is 0 Å². The highest BCUT2D eigenvalue weighted by atomic mass is 16.3. The molecule has 2 aromatic rings. The van der Waals surface area contributed by atoms with E-state index in [4.69, 9.17) is 0 Å². The van der Waals surface area contributed by atoms with E-state index in [-0.39, 0.29) is 0 Å².